The molecule has 0 radical (unpaired) electrons. The fraction of sp³-hybridized carbons (Fsp3) is 0.440. The Morgan fingerprint density at radius 3 is 2.35 bits per heavy atom. The molecule has 0 unspecified atom stereocenters. The summed E-state index contributed by atoms with van der Waals surface area (Å²) < 4.78 is 0. The van der Waals surface area contributed by atoms with E-state index in [1.54, 1.807) is 0 Å². The summed E-state index contributed by atoms with van der Waals surface area (Å²) in [5.74, 6) is 0.280. The van der Waals surface area contributed by atoms with E-state index in [0.29, 0.717) is 11.6 Å². The van der Waals surface area contributed by atoms with E-state index in [4.69, 9.17) is 0 Å². The molecule has 2 aromatic rings. The van der Waals surface area contributed by atoms with Gasteiger partial charge < -0.3 is 10.2 Å². The maximum atomic E-state index is 13.2. The maximum absolute atomic E-state index is 13.2. The Morgan fingerprint density at radius 2 is 1.65 bits per heavy atom. The number of nitrogens with one attached hydrogen (secondary N) is 1. The molecular weight excluding hydrogens is 406 g/mol. The smallest absolute Gasteiger partial charge is 0.255 e. The number of rotatable bonds is 6. The molecule has 1 heterocycles. The molecule has 0 atom stereocenters. The molecule has 164 valence electrons. The lowest BCUT2D eigenvalue weighted by Crippen LogP contribution is -2.51. The van der Waals surface area contributed by atoms with Crippen molar-refractivity contribution < 1.29 is 9.59 Å². The zero-order valence-corrected chi connectivity index (χ0v) is 19.0. The molecule has 1 saturated heterocycles. The van der Waals surface area contributed by atoms with Crippen LogP contribution in [0, 0.1) is 6.92 Å². The van der Waals surface area contributed by atoms with Crippen molar-refractivity contribution in [2.45, 2.75) is 43.5 Å². The first kappa shape index (κ1) is 21.9. The van der Waals surface area contributed by atoms with Crippen LogP contribution in [0.25, 0.3) is 0 Å². The van der Waals surface area contributed by atoms with Gasteiger partial charge in [-0.15, -0.1) is 11.8 Å². The molecule has 31 heavy (non-hydrogen) atoms. The number of piperazine rings is 1. The maximum Gasteiger partial charge on any atom is 0.255 e. The highest BCUT2D eigenvalue weighted by molar-refractivity contribution is 8.00. The topological polar surface area (TPSA) is 52.7 Å². The molecule has 1 aliphatic carbocycles. The van der Waals surface area contributed by atoms with E-state index in [0.717, 1.165) is 42.3 Å². The Labute approximate surface area is 189 Å². The number of carbonyl (C=O) groups is 2. The van der Waals surface area contributed by atoms with Crippen molar-refractivity contribution in [2.75, 3.05) is 37.2 Å². The number of anilines is 1. The van der Waals surface area contributed by atoms with Crippen molar-refractivity contribution in [3.8, 4) is 0 Å². The summed E-state index contributed by atoms with van der Waals surface area (Å²) in [6, 6.07) is 16.1. The predicted molar refractivity (Wildman–Crippen MR) is 127 cm³/mol. The minimum absolute atomic E-state index is 0.0683. The van der Waals surface area contributed by atoms with Crippen molar-refractivity contribution in [3.05, 3.63) is 59.7 Å². The minimum Gasteiger partial charge on any atom is -0.336 e. The van der Waals surface area contributed by atoms with Crippen molar-refractivity contribution in [1.29, 1.82) is 0 Å². The average molecular weight is 438 g/mol. The molecule has 1 aliphatic heterocycles. The van der Waals surface area contributed by atoms with Crippen LogP contribution in [0.15, 0.2) is 53.4 Å². The van der Waals surface area contributed by atoms with Gasteiger partial charge in [-0.1, -0.05) is 42.7 Å². The lowest BCUT2D eigenvalue weighted by Gasteiger charge is -2.38. The third-order valence-corrected chi connectivity index (χ3v) is 7.33. The molecule has 0 spiro atoms. The molecule has 0 aromatic heterocycles. The Hall–Kier alpha value is -2.31. The molecule has 2 fully saturated rings. The number of hydrogen-bond donors (Lipinski definition) is 1. The third kappa shape index (κ3) is 5.69. The molecule has 6 heteroatoms. The molecule has 0 bridgehead atoms. The van der Waals surface area contributed by atoms with Crippen LogP contribution in [-0.2, 0) is 4.79 Å². The van der Waals surface area contributed by atoms with Gasteiger partial charge in [-0.3, -0.25) is 14.5 Å². The monoisotopic (exact) mass is 437 g/mol. The highest BCUT2D eigenvalue weighted by atomic mass is 32.2. The van der Waals surface area contributed by atoms with Crippen molar-refractivity contribution in [1.82, 2.24) is 9.80 Å². The van der Waals surface area contributed by atoms with Gasteiger partial charge in [-0.05, 0) is 44.0 Å². The van der Waals surface area contributed by atoms with Gasteiger partial charge >= 0.3 is 0 Å². The standard InChI is InChI=1S/C25H31N3O2S/c1-19-10-12-20(13-11-19)26-24(29)18-31-23-9-5-4-8-22(23)25(30)28-16-14-27(15-17-28)21-6-2-3-7-21/h4-5,8-13,21H,2-3,6-7,14-18H2,1H3,(H,26,29). The number of aryl methyl sites for hydroxylation is 1. The fourth-order valence-corrected chi connectivity index (χ4v) is 5.32. The Morgan fingerprint density at radius 1 is 0.968 bits per heavy atom. The van der Waals surface area contributed by atoms with E-state index < -0.39 is 0 Å². The van der Waals surface area contributed by atoms with Gasteiger partial charge in [0.2, 0.25) is 5.91 Å². The van der Waals surface area contributed by atoms with Crippen LogP contribution in [0.5, 0.6) is 0 Å². The van der Waals surface area contributed by atoms with Gasteiger partial charge in [0.15, 0.2) is 0 Å². The quantitative estimate of drug-likeness (QED) is 0.680. The molecule has 2 aliphatic rings. The summed E-state index contributed by atoms with van der Waals surface area (Å²) in [5.41, 5.74) is 2.65. The van der Waals surface area contributed by atoms with Crippen LogP contribution in [-0.4, -0.2) is 59.6 Å². The summed E-state index contributed by atoms with van der Waals surface area (Å²) in [5, 5.41) is 2.92. The number of thioether (sulfide) groups is 1. The Bertz CT molecular complexity index is 901. The highest BCUT2D eigenvalue weighted by Crippen LogP contribution is 2.27. The minimum atomic E-state index is -0.0683. The van der Waals surface area contributed by atoms with Crippen LogP contribution in [0.2, 0.25) is 0 Å². The van der Waals surface area contributed by atoms with Gasteiger partial charge in [-0.25, -0.2) is 0 Å². The largest absolute Gasteiger partial charge is 0.336 e. The van der Waals surface area contributed by atoms with Crippen molar-refractivity contribution in [3.63, 3.8) is 0 Å². The predicted octanol–water partition coefficient (Wildman–Crippen LogP) is 4.43. The van der Waals surface area contributed by atoms with E-state index in [2.05, 4.69) is 10.2 Å². The zero-order valence-electron chi connectivity index (χ0n) is 18.2. The fourth-order valence-electron chi connectivity index (χ4n) is 4.48. The number of amides is 2. The molecule has 1 N–H and O–H groups in total. The van der Waals surface area contributed by atoms with Crippen molar-refractivity contribution >= 4 is 29.3 Å². The zero-order chi connectivity index (χ0) is 21.6. The SMILES string of the molecule is Cc1ccc(NC(=O)CSc2ccccc2C(=O)N2CCN(C3CCCC3)CC2)cc1. The Kier molecular flexibility index (Phi) is 7.30. The van der Waals surface area contributed by atoms with Gasteiger partial charge in [-0.2, -0.15) is 0 Å². The van der Waals surface area contributed by atoms with E-state index in [9.17, 15) is 9.59 Å². The number of nitrogens with zero attached hydrogens (tertiary/aromatic N) is 2. The lowest BCUT2D eigenvalue weighted by molar-refractivity contribution is -0.113. The molecular formula is C25H31N3O2S. The van der Waals surface area contributed by atoms with Gasteiger partial charge in [0.1, 0.15) is 0 Å². The first-order valence-electron chi connectivity index (χ1n) is 11.2. The lowest BCUT2D eigenvalue weighted by atomic mass is 10.1. The first-order chi connectivity index (χ1) is 15.1. The number of benzene rings is 2. The second-order valence-electron chi connectivity index (χ2n) is 8.47. The normalized spacial score (nSPS) is 17.6. The second kappa shape index (κ2) is 10.3. The summed E-state index contributed by atoms with van der Waals surface area (Å²) in [7, 11) is 0. The van der Waals surface area contributed by atoms with Crippen LogP contribution in [0.3, 0.4) is 0 Å². The van der Waals surface area contributed by atoms with Gasteiger partial charge in [0.05, 0.1) is 11.3 Å². The number of carbonyl (C=O) groups excluding carboxylic acids is 2. The first-order valence-corrected chi connectivity index (χ1v) is 12.2. The van der Waals surface area contributed by atoms with Crippen LogP contribution >= 0.6 is 11.8 Å². The summed E-state index contributed by atoms with van der Waals surface area (Å²) >= 11 is 1.42. The van der Waals surface area contributed by atoms with Crippen LogP contribution in [0.4, 0.5) is 5.69 Å². The van der Waals surface area contributed by atoms with Gasteiger partial charge in [0, 0.05) is 42.8 Å². The third-order valence-electron chi connectivity index (χ3n) is 6.25. The average Bonchev–Trinajstić information content (AvgIpc) is 3.34. The summed E-state index contributed by atoms with van der Waals surface area (Å²) in [6.07, 6.45) is 5.29. The molecule has 2 aromatic carbocycles. The molecule has 2 amide bonds. The van der Waals surface area contributed by atoms with Crippen LogP contribution in [0.1, 0.15) is 41.6 Å². The second-order valence-corrected chi connectivity index (χ2v) is 9.48. The van der Waals surface area contributed by atoms with Gasteiger partial charge in [0.25, 0.3) is 5.91 Å². The Balaban J connectivity index is 1.33. The molecule has 5 nitrogen and oxygen atoms in total. The summed E-state index contributed by atoms with van der Waals surface area (Å²) in [6.45, 7) is 5.50. The van der Waals surface area contributed by atoms with E-state index in [1.165, 1.54) is 37.4 Å². The molecule has 1 saturated carbocycles. The van der Waals surface area contributed by atoms with E-state index in [-0.39, 0.29) is 17.6 Å². The number of hydrogen-bond acceptors (Lipinski definition) is 4. The summed E-state index contributed by atoms with van der Waals surface area (Å²) in [4.78, 5) is 31.0. The van der Waals surface area contributed by atoms with E-state index in [1.807, 2.05) is 60.4 Å². The van der Waals surface area contributed by atoms with E-state index >= 15 is 0 Å². The van der Waals surface area contributed by atoms with Crippen LogP contribution < -0.4 is 5.32 Å². The molecule has 4 rings (SSSR count). The highest BCUT2D eigenvalue weighted by Gasteiger charge is 2.28. The van der Waals surface area contributed by atoms with Crippen molar-refractivity contribution in [2.24, 2.45) is 0 Å².